The number of rotatable bonds is 1. The summed E-state index contributed by atoms with van der Waals surface area (Å²) in [6.07, 6.45) is 1.70. The topological polar surface area (TPSA) is 34.1 Å². The SMILES string of the molecule is C1=C(c2ccccc2)SC(N2CCOCC2)=NO1. The van der Waals surface area contributed by atoms with Crippen molar-refractivity contribution in [3.05, 3.63) is 42.2 Å². The van der Waals surface area contributed by atoms with Gasteiger partial charge in [0.1, 0.15) is 6.26 Å². The van der Waals surface area contributed by atoms with E-state index < -0.39 is 0 Å². The minimum absolute atomic E-state index is 0.754. The van der Waals surface area contributed by atoms with Crippen molar-refractivity contribution in [1.82, 2.24) is 4.90 Å². The Morgan fingerprint density at radius 1 is 1.11 bits per heavy atom. The van der Waals surface area contributed by atoms with Crippen molar-refractivity contribution in [2.75, 3.05) is 26.3 Å². The third-order valence-electron chi connectivity index (χ3n) is 2.83. The van der Waals surface area contributed by atoms with Crippen molar-refractivity contribution < 1.29 is 9.57 Å². The van der Waals surface area contributed by atoms with Gasteiger partial charge in [-0.1, -0.05) is 35.5 Å². The van der Waals surface area contributed by atoms with E-state index in [0.717, 1.165) is 41.9 Å². The summed E-state index contributed by atoms with van der Waals surface area (Å²) in [6.45, 7) is 3.25. The first-order valence-corrected chi connectivity index (χ1v) is 6.75. The van der Waals surface area contributed by atoms with Crippen LogP contribution in [-0.2, 0) is 9.57 Å². The third kappa shape index (κ3) is 2.52. The van der Waals surface area contributed by atoms with Gasteiger partial charge in [-0.3, -0.25) is 0 Å². The van der Waals surface area contributed by atoms with Crippen molar-refractivity contribution in [1.29, 1.82) is 0 Å². The van der Waals surface area contributed by atoms with Crippen LogP contribution in [0.1, 0.15) is 5.56 Å². The minimum atomic E-state index is 0.754. The van der Waals surface area contributed by atoms with Gasteiger partial charge in [-0.2, -0.15) is 0 Å². The summed E-state index contributed by atoms with van der Waals surface area (Å²) in [4.78, 5) is 8.51. The zero-order valence-corrected chi connectivity index (χ0v) is 10.7. The normalized spacial score (nSPS) is 19.9. The molecule has 0 saturated carbocycles. The van der Waals surface area contributed by atoms with Gasteiger partial charge in [-0.15, -0.1) is 0 Å². The lowest BCUT2D eigenvalue weighted by Gasteiger charge is -2.29. The van der Waals surface area contributed by atoms with Crippen molar-refractivity contribution in [2.24, 2.45) is 5.16 Å². The van der Waals surface area contributed by atoms with Gasteiger partial charge in [0.05, 0.1) is 18.1 Å². The van der Waals surface area contributed by atoms with Crippen molar-refractivity contribution in [3.8, 4) is 0 Å². The maximum absolute atomic E-state index is 5.34. The zero-order valence-electron chi connectivity index (χ0n) is 9.91. The molecule has 0 radical (unpaired) electrons. The zero-order chi connectivity index (χ0) is 12.2. The Kier molecular flexibility index (Phi) is 3.52. The van der Waals surface area contributed by atoms with Gasteiger partial charge in [-0.25, -0.2) is 0 Å². The quantitative estimate of drug-likeness (QED) is 0.778. The number of morpholine rings is 1. The van der Waals surface area contributed by atoms with Crippen LogP contribution in [0.5, 0.6) is 0 Å². The highest BCUT2D eigenvalue weighted by Gasteiger charge is 2.21. The molecule has 1 fully saturated rings. The Hall–Kier alpha value is -1.46. The lowest BCUT2D eigenvalue weighted by molar-refractivity contribution is 0.0677. The van der Waals surface area contributed by atoms with Gasteiger partial charge < -0.3 is 14.5 Å². The lowest BCUT2D eigenvalue weighted by Crippen LogP contribution is -2.39. The van der Waals surface area contributed by atoms with Crippen LogP contribution in [0.25, 0.3) is 4.91 Å². The van der Waals surface area contributed by atoms with Crippen molar-refractivity contribution >= 4 is 21.8 Å². The summed E-state index contributed by atoms with van der Waals surface area (Å²) in [5, 5.41) is 5.02. The monoisotopic (exact) mass is 262 g/mol. The molecule has 0 bridgehead atoms. The predicted molar refractivity (Wildman–Crippen MR) is 72.9 cm³/mol. The Morgan fingerprint density at radius 2 is 1.89 bits per heavy atom. The number of thioether (sulfide) groups is 1. The highest BCUT2D eigenvalue weighted by Crippen LogP contribution is 2.32. The smallest absolute Gasteiger partial charge is 0.208 e. The fourth-order valence-electron chi connectivity index (χ4n) is 1.87. The molecule has 1 saturated heterocycles. The maximum atomic E-state index is 5.34. The highest BCUT2D eigenvalue weighted by molar-refractivity contribution is 8.21. The molecule has 0 amide bonds. The highest BCUT2D eigenvalue weighted by atomic mass is 32.2. The molecule has 0 N–H and O–H groups in total. The predicted octanol–water partition coefficient (Wildman–Crippen LogP) is 2.35. The molecule has 0 spiro atoms. The van der Waals surface area contributed by atoms with E-state index >= 15 is 0 Å². The van der Waals surface area contributed by atoms with Crippen molar-refractivity contribution in [3.63, 3.8) is 0 Å². The van der Waals surface area contributed by atoms with E-state index in [1.165, 1.54) is 0 Å². The molecule has 2 aliphatic rings. The van der Waals surface area contributed by atoms with Crippen LogP contribution in [-0.4, -0.2) is 36.4 Å². The lowest BCUT2D eigenvalue weighted by atomic mass is 10.2. The van der Waals surface area contributed by atoms with Crippen molar-refractivity contribution in [2.45, 2.75) is 0 Å². The second-order valence-corrected chi connectivity index (χ2v) is 5.04. The Morgan fingerprint density at radius 3 is 2.67 bits per heavy atom. The molecular weight excluding hydrogens is 248 g/mol. The third-order valence-corrected chi connectivity index (χ3v) is 3.90. The number of oxime groups is 1. The van der Waals surface area contributed by atoms with E-state index in [1.807, 2.05) is 18.2 Å². The number of hydrogen-bond donors (Lipinski definition) is 0. The van der Waals surface area contributed by atoms with Crippen LogP contribution < -0.4 is 0 Å². The van der Waals surface area contributed by atoms with Gasteiger partial charge >= 0.3 is 0 Å². The molecule has 1 aromatic carbocycles. The first-order chi connectivity index (χ1) is 8.93. The molecule has 94 valence electrons. The van der Waals surface area contributed by atoms with E-state index in [2.05, 4.69) is 22.2 Å². The molecule has 3 rings (SSSR count). The molecular formula is C13H14N2O2S. The standard InChI is InChI=1S/C13H14N2O2S/c1-2-4-11(5-3-1)12-10-17-14-13(18-12)15-6-8-16-9-7-15/h1-5,10H,6-9H2. The molecule has 1 aromatic rings. The van der Waals surface area contributed by atoms with Gasteiger partial charge in [0, 0.05) is 13.1 Å². The van der Waals surface area contributed by atoms with Gasteiger partial charge in [0.15, 0.2) is 0 Å². The second kappa shape index (κ2) is 5.46. The average molecular weight is 262 g/mol. The van der Waals surface area contributed by atoms with Crippen LogP contribution in [0.4, 0.5) is 0 Å². The molecule has 18 heavy (non-hydrogen) atoms. The van der Waals surface area contributed by atoms with Gasteiger partial charge in [-0.05, 0) is 17.3 Å². The Bertz CT molecular complexity index is 467. The van der Waals surface area contributed by atoms with Crippen LogP contribution in [0.2, 0.25) is 0 Å². The second-order valence-electron chi connectivity index (χ2n) is 4.03. The summed E-state index contributed by atoms with van der Waals surface area (Å²) >= 11 is 1.65. The van der Waals surface area contributed by atoms with E-state index in [9.17, 15) is 0 Å². The van der Waals surface area contributed by atoms with E-state index in [0.29, 0.717) is 0 Å². The van der Waals surface area contributed by atoms with E-state index in [1.54, 1.807) is 18.0 Å². The molecule has 0 atom stereocenters. The number of nitrogens with zero attached hydrogens (tertiary/aromatic N) is 2. The number of hydrogen-bond acceptors (Lipinski definition) is 5. The summed E-state index contributed by atoms with van der Waals surface area (Å²) in [5.41, 5.74) is 1.16. The molecule has 0 unspecified atom stereocenters. The molecule has 2 aliphatic heterocycles. The fraction of sp³-hybridized carbons (Fsp3) is 0.308. The number of ether oxygens (including phenoxy) is 1. The molecule has 4 nitrogen and oxygen atoms in total. The fourth-order valence-corrected chi connectivity index (χ4v) is 2.80. The summed E-state index contributed by atoms with van der Waals surface area (Å²) in [5.74, 6) is 0. The Balaban J connectivity index is 1.72. The minimum Gasteiger partial charge on any atom is -0.378 e. The van der Waals surface area contributed by atoms with E-state index in [-0.39, 0.29) is 0 Å². The van der Waals surface area contributed by atoms with Gasteiger partial charge in [0.2, 0.25) is 5.17 Å². The van der Waals surface area contributed by atoms with Crippen LogP contribution in [0.3, 0.4) is 0 Å². The van der Waals surface area contributed by atoms with Gasteiger partial charge in [0.25, 0.3) is 0 Å². The van der Waals surface area contributed by atoms with Crippen LogP contribution >= 0.6 is 11.8 Å². The first-order valence-electron chi connectivity index (χ1n) is 5.93. The summed E-state index contributed by atoms with van der Waals surface area (Å²) in [6, 6.07) is 10.2. The van der Waals surface area contributed by atoms with E-state index in [4.69, 9.17) is 9.57 Å². The van der Waals surface area contributed by atoms with Crippen LogP contribution in [0, 0.1) is 0 Å². The first kappa shape index (κ1) is 11.6. The largest absolute Gasteiger partial charge is 0.378 e. The average Bonchev–Trinajstić information content (AvgIpc) is 2.49. The summed E-state index contributed by atoms with van der Waals surface area (Å²) < 4.78 is 5.34. The number of amidine groups is 1. The number of benzene rings is 1. The molecule has 5 heteroatoms. The Labute approximate surface area is 110 Å². The molecule has 0 aliphatic carbocycles. The molecule has 0 aromatic heterocycles. The summed E-state index contributed by atoms with van der Waals surface area (Å²) in [7, 11) is 0. The van der Waals surface area contributed by atoms with Crippen LogP contribution in [0.15, 0.2) is 41.7 Å². The maximum Gasteiger partial charge on any atom is 0.208 e. The molecule has 2 heterocycles.